The molecule has 0 bridgehead atoms. The average Bonchev–Trinajstić information content (AvgIpc) is 2.53. The number of ether oxygens (including phenoxy) is 2. The number of aromatic amines is 1. The fraction of sp³-hybridized carbons (Fsp3) is 0.412. The molecule has 1 amide bonds. The molecular formula is C17H20N2O4. The number of fused-ring (bicyclic) bond motifs is 2. The molecule has 0 aliphatic carbocycles. The second-order valence-corrected chi connectivity index (χ2v) is 5.90. The molecule has 6 heteroatoms. The van der Waals surface area contributed by atoms with Crippen molar-refractivity contribution in [3.05, 3.63) is 34.1 Å². The van der Waals surface area contributed by atoms with Crippen molar-refractivity contribution >= 4 is 16.8 Å². The fourth-order valence-corrected chi connectivity index (χ4v) is 2.50. The number of H-pyrrole nitrogens is 1. The highest BCUT2D eigenvalue weighted by Gasteiger charge is 2.14. The molecule has 3 rings (SSSR count). The third kappa shape index (κ3) is 3.31. The fourth-order valence-electron chi connectivity index (χ4n) is 2.50. The van der Waals surface area contributed by atoms with Crippen LogP contribution in [-0.4, -0.2) is 30.6 Å². The number of nitrogens with one attached hydrogen (secondary N) is 2. The number of hydrogen-bond donors (Lipinski definition) is 2. The lowest BCUT2D eigenvalue weighted by molar-refractivity contribution is -0.123. The van der Waals surface area contributed by atoms with Crippen LogP contribution in [0.15, 0.2) is 23.0 Å². The lowest BCUT2D eigenvalue weighted by Gasteiger charge is -2.18. The highest BCUT2D eigenvalue weighted by Crippen LogP contribution is 2.33. The molecule has 1 aromatic carbocycles. The Balaban J connectivity index is 1.82. The molecule has 0 spiro atoms. The number of aromatic nitrogens is 1. The van der Waals surface area contributed by atoms with Crippen molar-refractivity contribution in [2.75, 3.05) is 19.8 Å². The van der Waals surface area contributed by atoms with Gasteiger partial charge in [0.1, 0.15) is 13.2 Å². The van der Waals surface area contributed by atoms with Crippen molar-refractivity contribution < 1.29 is 14.3 Å². The molecule has 2 N–H and O–H groups in total. The van der Waals surface area contributed by atoms with E-state index >= 15 is 0 Å². The molecule has 1 aromatic heterocycles. The van der Waals surface area contributed by atoms with Crippen molar-refractivity contribution in [1.29, 1.82) is 0 Å². The molecule has 0 radical (unpaired) electrons. The first-order valence-electron chi connectivity index (χ1n) is 7.78. The Kier molecular flexibility index (Phi) is 4.23. The summed E-state index contributed by atoms with van der Waals surface area (Å²) in [6.07, 6.45) is 0.484. The van der Waals surface area contributed by atoms with Gasteiger partial charge >= 0.3 is 0 Å². The Morgan fingerprint density at radius 3 is 2.61 bits per heavy atom. The van der Waals surface area contributed by atoms with Crippen molar-refractivity contribution in [3.8, 4) is 11.5 Å². The first-order valence-corrected chi connectivity index (χ1v) is 7.78. The minimum absolute atomic E-state index is 0.0122. The third-order valence-corrected chi connectivity index (χ3v) is 3.80. The maximum atomic E-state index is 12.2. The van der Waals surface area contributed by atoms with Crippen molar-refractivity contribution in [3.63, 3.8) is 0 Å². The Morgan fingerprint density at radius 2 is 1.91 bits per heavy atom. The van der Waals surface area contributed by atoms with E-state index in [2.05, 4.69) is 10.3 Å². The Labute approximate surface area is 133 Å². The molecule has 0 unspecified atom stereocenters. The summed E-state index contributed by atoms with van der Waals surface area (Å²) in [5.74, 6) is 1.27. The lowest BCUT2D eigenvalue weighted by atomic mass is 10.1. The second-order valence-electron chi connectivity index (χ2n) is 5.90. The number of benzene rings is 1. The summed E-state index contributed by atoms with van der Waals surface area (Å²) in [7, 11) is 0. The highest BCUT2D eigenvalue weighted by atomic mass is 16.6. The average molecular weight is 316 g/mol. The zero-order valence-electron chi connectivity index (χ0n) is 13.3. The Bertz CT molecular complexity index is 795. The Morgan fingerprint density at radius 1 is 1.22 bits per heavy atom. The molecule has 1 aliphatic rings. The third-order valence-electron chi connectivity index (χ3n) is 3.80. The van der Waals surface area contributed by atoms with Gasteiger partial charge in [0.2, 0.25) is 5.91 Å². The van der Waals surface area contributed by atoms with Gasteiger partial charge in [-0.05, 0) is 18.6 Å². The lowest BCUT2D eigenvalue weighted by Crippen LogP contribution is -2.30. The van der Waals surface area contributed by atoms with Crippen LogP contribution in [-0.2, 0) is 11.2 Å². The van der Waals surface area contributed by atoms with Crippen LogP contribution >= 0.6 is 0 Å². The number of hydrogen-bond acceptors (Lipinski definition) is 4. The van der Waals surface area contributed by atoms with Gasteiger partial charge in [0.05, 0.1) is 5.52 Å². The first kappa shape index (κ1) is 15.4. The largest absolute Gasteiger partial charge is 0.486 e. The topological polar surface area (TPSA) is 80.4 Å². The van der Waals surface area contributed by atoms with Crippen LogP contribution in [0.5, 0.6) is 11.5 Å². The normalized spacial score (nSPS) is 13.3. The molecule has 0 saturated carbocycles. The van der Waals surface area contributed by atoms with Crippen LogP contribution in [0, 0.1) is 5.92 Å². The molecule has 0 saturated heterocycles. The predicted octanol–water partition coefficient (Wildman–Crippen LogP) is 1.61. The van der Waals surface area contributed by atoms with Gasteiger partial charge < -0.3 is 19.8 Å². The van der Waals surface area contributed by atoms with E-state index < -0.39 is 0 Å². The number of amides is 1. The predicted molar refractivity (Wildman–Crippen MR) is 87.1 cm³/mol. The number of rotatable bonds is 4. The summed E-state index contributed by atoms with van der Waals surface area (Å²) in [6, 6.07) is 5.50. The molecule has 23 heavy (non-hydrogen) atoms. The van der Waals surface area contributed by atoms with Gasteiger partial charge in [0.15, 0.2) is 11.5 Å². The van der Waals surface area contributed by atoms with Crippen LogP contribution in [0.2, 0.25) is 0 Å². The van der Waals surface area contributed by atoms with E-state index in [1.54, 1.807) is 6.07 Å². The van der Waals surface area contributed by atoms with Crippen LogP contribution in [0.25, 0.3) is 10.9 Å². The minimum Gasteiger partial charge on any atom is -0.486 e. The van der Waals surface area contributed by atoms with Gasteiger partial charge in [-0.2, -0.15) is 0 Å². The standard InChI is InChI=1S/C17H20N2O4/c1-10(2)16(20)18-4-3-11-7-12-8-14-15(23-6-5-22-14)9-13(12)19-17(11)21/h7-10H,3-6H2,1-2H3,(H,18,20)(H,19,21). The smallest absolute Gasteiger partial charge is 0.251 e. The molecule has 0 atom stereocenters. The number of pyridine rings is 1. The highest BCUT2D eigenvalue weighted by molar-refractivity contribution is 5.83. The van der Waals surface area contributed by atoms with Crippen LogP contribution in [0.4, 0.5) is 0 Å². The van der Waals surface area contributed by atoms with Gasteiger partial charge in [-0.3, -0.25) is 9.59 Å². The molecule has 0 fully saturated rings. The summed E-state index contributed by atoms with van der Waals surface area (Å²) in [5, 5.41) is 3.71. The van der Waals surface area contributed by atoms with Gasteiger partial charge in [-0.25, -0.2) is 0 Å². The number of carbonyl (C=O) groups excluding carboxylic acids is 1. The summed E-state index contributed by atoms with van der Waals surface area (Å²) in [4.78, 5) is 26.6. The van der Waals surface area contributed by atoms with Crippen LogP contribution < -0.4 is 20.3 Å². The zero-order valence-corrected chi connectivity index (χ0v) is 13.3. The minimum atomic E-state index is -0.145. The number of carbonyl (C=O) groups is 1. The van der Waals surface area contributed by atoms with Crippen LogP contribution in [0.1, 0.15) is 19.4 Å². The van der Waals surface area contributed by atoms with Gasteiger partial charge in [0.25, 0.3) is 5.56 Å². The SMILES string of the molecule is CC(C)C(=O)NCCc1cc2cc3c(cc2[nH]c1=O)OCCO3. The van der Waals surface area contributed by atoms with E-state index in [-0.39, 0.29) is 17.4 Å². The van der Waals surface area contributed by atoms with E-state index in [0.717, 1.165) is 5.39 Å². The maximum Gasteiger partial charge on any atom is 0.251 e. The van der Waals surface area contributed by atoms with Crippen molar-refractivity contribution in [2.45, 2.75) is 20.3 Å². The van der Waals surface area contributed by atoms with Gasteiger partial charge in [0, 0.05) is 29.5 Å². The van der Waals surface area contributed by atoms with E-state index in [1.165, 1.54) is 0 Å². The molecule has 1 aliphatic heterocycles. The zero-order chi connectivity index (χ0) is 16.4. The monoisotopic (exact) mass is 316 g/mol. The molecular weight excluding hydrogens is 296 g/mol. The second kappa shape index (κ2) is 6.32. The van der Waals surface area contributed by atoms with E-state index in [9.17, 15) is 9.59 Å². The van der Waals surface area contributed by atoms with Crippen molar-refractivity contribution in [2.24, 2.45) is 5.92 Å². The molecule has 2 aromatic rings. The first-order chi connectivity index (χ1) is 11.0. The van der Waals surface area contributed by atoms with Crippen molar-refractivity contribution in [1.82, 2.24) is 10.3 Å². The van der Waals surface area contributed by atoms with E-state index in [0.29, 0.717) is 48.8 Å². The summed E-state index contributed by atoms with van der Waals surface area (Å²) in [5.41, 5.74) is 1.21. The van der Waals surface area contributed by atoms with E-state index in [4.69, 9.17) is 9.47 Å². The molecule has 122 valence electrons. The quantitative estimate of drug-likeness (QED) is 0.898. The van der Waals surface area contributed by atoms with Gasteiger partial charge in [-0.1, -0.05) is 13.8 Å². The van der Waals surface area contributed by atoms with Gasteiger partial charge in [-0.15, -0.1) is 0 Å². The molecule has 6 nitrogen and oxygen atoms in total. The Hall–Kier alpha value is -2.50. The summed E-state index contributed by atoms with van der Waals surface area (Å²) in [6.45, 7) is 5.15. The van der Waals surface area contributed by atoms with Crippen LogP contribution in [0.3, 0.4) is 0 Å². The van der Waals surface area contributed by atoms with E-state index in [1.807, 2.05) is 26.0 Å². The summed E-state index contributed by atoms with van der Waals surface area (Å²) >= 11 is 0. The summed E-state index contributed by atoms with van der Waals surface area (Å²) < 4.78 is 11.1. The molecule has 2 heterocycles. The maximum absolute atomic E-state index is 12.2.